The molecule has 0 saturated carbocycles. The van der Waals surface area contributed by atoms with Crippen LogP contribution in [0.1, 0.15) is 19.3 Å². The zero-order chi connectivity index (χ0) is 24.5. The number of rotatable bonds is 5. The molecule has 2 aliphatic heterocycles. The lowest BCUT2D eigenvalue weighted by molar-refractivity contribution is -0.129. The molecule has 0 radical (unpaired) electrons. The Balaban J connectivity index is 1.70. The average Bonchev–Trinajstić information content (AvgIpc) is 3.25. The largest absolute Gasteiger partial charge is 0.465 e. The number of nitrogens with zero attached hydrogens (tertiary/aromatic N) is 3. The number of allylic oxidation sites excluding steroid dienone is 1. The molecule has 0 aromatic heterocycles. The first-order valence-corrected chi connectivity index (χ1v) is 10.5. The van der Waals surface area contributed by atoms with E-state index < -0.39 is 42.5 Å². The maximum atomic E-state index is 13.5. The number of fused-ring (bicyclic) bond motifs is 1. The fourth-order valence-corrected chi connectivity index (χ4v) is 4.08. The molecule has 3 aliphatic rings. The second-order valence-electron chi connectivity index (χ2n) is 8.04. The molecule has 1 aromatic rings. The van der Waals surface area contributed by atoms with E-state index in [1.807, 2.05) is 4.90 Å². The Hall–Kier alpha value is -3.89. The maximum absolute atomic E-state index is 13.5. The number of carbonyl (C=O) groups is 3. The molecule has 11 heteroatoms. The summed E-state index contributed by atoms with van der Waals surface area (Å²) >= 11 is 0. The van der Waals surface area contributed by atoms with Crippen molar-refractivity contribution in [3.8, 4) is 0 Å². The van der Waals surface area contributed by atoms with E-state index in [9.17, 15) is 32.7 Å². The van der Waals surface area contributed by atoms with Crippen molar-refractivity contribution in [2.24, 2.45) is 4.99 Å². The molecule has 1 aliphatic carbocycles. The standard InChI is InChI=1S/C23H21F3N4O4/c24-23(25,26)18-9-14(17(10-19(18)31)21(32)28-15-5-2-1-3-6-15)12-30(22(33)34)16-11-27-20-7-4-8-29(20)13-16/h1-3,5-6,9,11H,4,7-8,10,12-13H2,(H,28,32)(H,33,34). The van der Waals surface area contributed by atoms with Crippen LogP contribution in [0.15, 0.2) is 70.0 Å². The van der Waals surface area contributed by atoms with Crippen LogP contribution >= 0.6 is 0 Å². The van der Waals surface area contributed by atoms with Gasteiger partial charge in [-0.2, -0.15) is 13.2 Å². The number of alkyl halides is 3. The highest BCUT2D eigenvalue weighted by atomic mass is 19.4. The number of anilines is 1. The lowest BCUT2D eigenvalue weighted by Gasteiger charge is -2.31. The highest BCUT2D eigenvalue weighted by Gasteiger charge is 2.42. The summed E-state index contributed by atoms with van der Waals surface area (Å²) < 4.78 is 40.4. The first kappa shape index (κ1) is 23.3. The molecular formula is C23H21F3N4O4. The second kappa shape index (κ2) is 9.16. The number of ketones is 1. The number of carbonyl (C=O) groups excluding carboxylic acids is 2. The zero-order valence-electron chi connectivity index (χ0n) is 17.9. The number of para-hydroxylation sites is 1. The normalized spacial score (nSPS) is 18.1. The Morgan fingerprint density at radius 3 is 2.62 bits per heavy atom. The maximum Gasteiger partial charge on any atom is 0.419 e. The molecule has 0 unspecified atom stereocenters. The molecule has 0 spiro atoms. The van der Waals surface area contributed by atoms with Crippen molar-refractivity contribution in [2.75, 3.05) is 25.0 Å². The van der Waals surface area contributed by atoms with Gasteiger partial charge in [0.05, 0.1) is 30.6 Å². The predicted octanol–water partition coefficient (Wildman–Crippen LogP) is 3.71. The molecule has 1 saturated heterocycles. The smallest absolute Gasteiger partial charge is 0.419 e. The summed E-state index contributed by atoms with van der Waals surface area (Å²) in [6.45, 7) is 0.396. The van der Waals surface area contributed by atoms with Crippen LogP contribution < -0.4 is 5.32 Å². The number of carboxylic acid groups (broad SMARTS) is 1. The number of amides is 2. The van der Waals surface area contributed by atoms with E-state index in [-0.39, 0.29) is 23.4 Å². The van der Waals surface area contributed by atoms with Gasteiger partial charge in [0.15, 0.2) is 5.78 Å². The Labute approximate surface area is 192 Å². The van der Waals surface area contributed by atoms with Crippen molar-refractivity contribution in [3.63, 3.8) is 0 Å². The minimum Gasteiger partial charge on any atom is -0.465 e. The minimum absolute atomic E-state index is 0.195. The molecule has 0 bridgehead atoms. The fraction of sp³-hybridized carbons (Fsp3) is 0.304. The van der Waals surface area contributed by atoms with Crippen molar-refractivity contribution < 1.29 is 32.7 Å². The molecule has 8 nitrogen and oxygen atoms in total. The zero-order valence-corrected chi connectivity index (χ0v) is 17.9. The van der Waals surface area contributed by atoms with Gasteiger partial charge < -0.3 is 15.3 Å². The van der Waals surface area contributed by atoms with Crippen molar-refractivity contribution in [1.82, 2.24) is 9.80 Å². The third-order valence-corrected chi connectivity index (χ3v) is 5.77. The van der Waals surface area contributed by atoms with E-state index in [4.69, 9.17) is 0 Å². The number of amidine groups is 1. The van der Waals surface area contributed by atoms with Gasteiger partial charge in [-0.1, -0.05) is 18.2 Å². The molecule has 0 atom stereocenters. The average molecular weight is 474 g/mol. The van der Waals surface area contributed by atoms with Gasteiger partial charge in [-0.3, -0.25) is 14.5 Å². The van der Waals surface area contributed by atoms with E-state index in [1.54, 1.807) is 30.3 Å². The molecule has 2 amide bonds. The third-order valence-electron chi connectivity index (χ3n) is 5.77. The first-order chi connectivity index (χ1) is 16.1. The van der Waals surface area contributed by atoms with Gasteiger partial charge in [0.2, 0.25) is 0 Å². The number of Topliss-reactive ketones (excluding diaryl/α,β-unsaturated/α-hetero) is 1. The van der Waals surface area contributed by atoms with Crippen LogP contribution in [0.2, 0.25) is 0 Å². The molecule has 34 heavy (non-hydrogen) atoms. The molecule has 2 N–H and O–H groups in total. The highest BCUT2D eigenvalue weighted by Crippen LogP contribution is 2.34. The van der Waals surface area contributed by atoms with Gasteiger partial charge in [0.1, 0.15) is 5.84 Å². The van der Waals surface area contributed by atoms with E-state index in [1.165, 1.54) is 6.20 Å². The highest BCUT2D eigenvalue weighted by molar-refractivity contribution is 6.12. The van der Waals surface area contributed by atoms with E-state index in [0.29, 0.717) is 18.3 Å². The molecule has 1 fully saturated rings. The Bertz CT molecular complexity index is 1150. The van der Waals surface area contributed by atoms with Crippen LogP contribution in [0.5, 0.6) is 0 Å². The summed E-state index contributed by atoms with van der Waals surface area (Å²) in [5.74, 6) is -1.19. The molecule has 1 aromatic carbocycles. The first-order valence-electron chi connectivity index (χ1n) is 10.5. The predicted molar refractivity (Wildman–Crippen MR) is 117 cm³/mol. The van der Waals surface area contributed by atoms with E-state index >= 15 is 0 Å². The van der Waals surface area contributed by atoms with Gasteiger partial charge in [-0.15, -0.1) is 0 Å². The SMILES string of the molecule is O=C1CC(C(=O)Nc2ccccc2)=C(CN(C(=O)O)C2=CN=C3CCCN3C2)C=C1C(F)(F)F. The van der Waals surface area contributed by atoms with Crippen LogP contribution in [0.25, 0.3) is 0 Å². The van der Waals surface area contributed by atoms with Crippen LogP contribution in [-0.2, 0) is 9.59 Å². The van der Waals surface area contributed by atoms with E-state index in [0.717, 1.165) is 23.6 Å². The summed E-state index contributed by atoms with van der Waals surface area (Å²) in [6, 6.07) is 8.21. The lowest BCUT2D eigenvalue weighted by atomic mass is 9.89. The number of benzene rings is 1. The quantitative estimate of drug-likeness (QED) is 0.678. The number of aliphatic imine (C=N–C) groups is 1. The summed E-state index contributed by atoms with van der Waals surface area (Å²) in [6.07, 6.45) is -3.52. The third kappa shape index (κ3) is 4.87. The molecule has 178 valence electrons. The second-order valence-corrected chi connectivity index (χ2v) is 8.04. The van der Waals surface area contributed by atoms with Crippen molar-refractivity contribution in [3.05, 3.63) is 65.0 Å². The van der Waals surface area contributed by atoms with Gasteiger partial charge in [-0.25, -0.2) is 9.79 Å². The monoisotopic (exact) mass is 474 g/mol. The van der Waals surface area contributed by atoms with Gasteiger partial charge >= 0.3 is 12.3 Å². The van der Waals surface area contributed by atoms with Gasteiger partial charge in [0.25, 0.3) is 5.91 Å². The fourth-order valence-electron chi connectivity index (χ4n) is 4.08. The van der Waals surface area contributed by atoms with Crippen LogP contribution in [0.3, 0.4) is 0 Å². The van der Waals surface area contributed by atoms with Crippen LogP contribution in [-0.4, -0.2) is 64.3 Å². The number of nitrogens with one attached hydrogen (secondary N) is 1. The van der Waals surface area contributed by atoms with Gasteiger partial charge in [-0.05, 0) is 30.2 Å². The summed E-state index contributed by atoms with van der Waals surface area (Å²) in [7, 11) is 0. The van der Waals surface area contributed by atoms with Crippen LogP contribution in [0, 0.1) is 0 Å². The Kier molecular flexibility index (Phi) is 6.27. The molecule has 2 heterocycles. The van der Waals surface area contributed by atoms with E-state index in [2.05, 4.69) is 10.3 Å². The van der Waals surface area contributed by atoms with Gasteiger partial charge in [0, 0.05) is 30.6 Å². The minimum atomic E-state index is -4.93. The Morgan fingerprint density at radius 2 is 1.94 bits per heavy atom. The number of hydrogen-bond donors (Lipinski definition) is 2. The molecule has 4 rings (SSSR count). The number of halogens is 3. The van der Waals surface area contributed by atoms with Crippen molar-refractivity contribution in [1.29, 1.82) is 0 Å². The molecular weight excluding hydrogens is 453 g/mol. The lowest BCUT2D eigenvalue weighted by Crippen LogP contribution is -2.40. The summed E-state index contributed by atoms with van der Waals surface area (Å²) in [4.78, 5) is 44.3. The number of hydrogen-bond acceptors (Lipinski definition) is 5. The Morgan fingerprint density at radius 1 is 1.21 bits per heavy atom. The van der Waals surface area contributed by atoms with Crippen molar-refractivity contribution in [2.45, 2.75) is 25.4 Å². The van der Waals surface area contributed by atoms with Crippen LogP contribution in [0.4, 0.5) is 23.7 Å². The summed E-state index contributed by atoms with van der Waals surface area (Å²) in [5, 5.41) is 12.4. The summed E-state index contributed by atoms with van der Waals surface area (Å²) in [5.41, 5.74) is -1.16. The van der Waals surface area contributed by atoms with Crippen molar-refractivity contribution >= 4 is 29.3 Å². The topological polar surface area (TPSA) is 102 Å².